The van der Waals surface area contributed by atoms with Crippen LogP contribution in [0.15, 0.2) is 52.4 Å². The van der Waals surface area contributed by atoms with Crippen LogP contribution >= 0.6 is 23.1 Å². The fraction of sp³-hybridized carbons (Fsp3) is 0.400. The Labute approximate surface area is 207 Å². The third kappa shape index (κ3) is 6.49. The molecule has 1 saturated heterocycles. The molecule has 0 atom stereocenters. The fourth-order valence-corrected chi connectivity index (χ4v) is 5.73. The number of thioether (sulfide) groups is 1. The van der Waals surface area contributed by atoms with Crippen molar-refractivity contribution in [3.05, 3.63) is 62.6 Å². The normalized spacial score (nSPS) is 13.7. The average Bonchev–Trinajstić information content (AvgIpc) is 3.35. The number of thiophene rings is 1. The van der Waals surface area contributed by atoms with Crippen LogP contribution in [0.3, 0.4) is 0 Å². The summed E-state index contributed by atoms with van der Waals surface area (Å²) in [4.78, 5) is 35.7. The number of carbonyl (C=O) groups is 1. The monoisotopic (exact) mass is 499 g/mol. The predicted molar refractivity (Wildman–Crippen MR) is 137 cm³/mol. The number of morpholine rings is 1. The summed E-state index contributed by atoms with van der Waals surface area (Å²) in [7, 11) is 1.40. The maximum atomic E-state index is 12.4. The molecule has 1 fully saturated rings. The second-order valence-electron chi connectivity index (χ2n) is 7.97. The van der Waals surface area contributed by atoms with Gasteiger partial charge in [0.15, 0.2) is 5.16 Å². The number of para-hydroxylation sites is 1. The smallest absolute Gasteiger partial charge is 0.348 e. The van der Waals surface area contributed by atoms with Crippen LogP contribution in [-0.4, -0.2) is 55.1 Å². The van der Waals surface area contributed by atoms with E-state index in [2.05, 4.69) is 16.0 Å². The number of methoxy groups -OCH3 is 1. The van der Waals surface area contributed by atoms with Gasteiger partial charge in [-0.25, -0.2) is 9.78 Å². The van der Waals surface area contributed by atoms with Crippen LogP contribution in [0, 0.1) is 0 Å². The zero-order valence-electron chi connectivity index (χ0n) is 19.2. The van der Waals surface area contributed by atoms with E-state index >= 15 is 0 Å². The van der Waals surface area contributed by atoms with Gasteiger partial charge < -0.3 is 19.4 Å². The highest BCUT2D eigenvalue weighted by atomic mass is 32.2. The second-order valence-corrected chi connectivity index (χ2v) is 10.2. The third-order valence-electron chi connectivity index (χ3n) is 5.61. The van der Waals surface area contributed by atoms with Gasteiger partial charge in [0.2, 0.25) is 0 Å². The Kier molecular flexibility index (Phi) is 8.79. The summed E-state index contributed by atoms with van der Waals surface area (Å²) in [6.07, 6.45) is 4.11. The first-order valence-corrected chi connectivity index (χ1v) is 13.3. The standard InChI is InChI=1S/C25H29N3O4S2/c1-31-24(30)22-11-10-18(34-22)7-3-2-6-16-33-25-26-20(17-23(29)27-25)19-8-4-5-9-21(19)28-12-14-32-15-13-28/h4-5,8-11,17H,2-3,6-7,12-16H2,1H3,(H,26,27,29). The first kappa shape index (κ1) is 24.5. The number of carbonyl (C=O) groups excluding carboxylic acids is 1. The third-order valence-corrected chi connectivity index (χ3v) is 7.69. The molecule has 2 aromatic heterocycles. The fourth-order valence-electron chi connectivity index (χ4n) is 3.88. The number of ether oxygens (including phenoxy) is 2. The van der Waals surface area contributed by atoms with E-state index < -0.39 is 0 Å². The molecule has 0 amide bonds. The summed E-state index contributed by atoms with van der Waals surface area (Å²) in [6, 6.07) is 13.5. The van der Waals surface area contributed by atoms with Crippen molar-refractivity contribution in [1.82, 2.24) is 9.97 Å². The van der Waals surface area contributed by atoms with Gasteiger partial charge >= 0.3 is 5.97 Å². The van der Waals surface area contributed by atoms with Crippen LogP contribution in [0.1, 0.15) is 33.8 Å². The number of aryl methyl sites for hydroxylation is 1. The largest absolute Gasteiger partial charge is 0.465 e. The molecule has 4 rings (SSSR count). The Bertz CT molecular complexity index is 1150. The minimum absolute atomic E-state index is 0.136. The lowest BCUT2D eigenvalue weighted by Crippen LogP contribution is -2.36. The maximum absolute atomic E-state index is 12.4. The van der Waals surface area contributed by atoms with Gasteiger partial charge in [0, 0.05) is 41.0 Å². The Morgan fingerprint density at radius 1 is 1.18 bits per heavy atom. The molecule has 3 aromatic rings. The van der Waals surface area contributed by atoms with E-state index in [1.165, 1.54) is 23.3 Å². The highest BCUT2D eigenvalue weighted by Crippen LogP contribution is 2.30. The van der Waals surface area contributed by atoms with E-state index in [4.69, 9.17) is 14.5 Å². The lowest BCUT2D eigenvalue weighted by molar-refractivity contribution is 0.0606. The molecule has 1 aliphatic rings. The van der Waals surface area contributed by atoms with Gasteiger partial charge in [-0.2, -0.15) is 0 Å². The first-order valence-electron chi connectivity index (χ1n) is 11.5. The summed E-state index contributed by atoms with van der Waals surface area (Å²) in [6.45, 7) is 3.07. The number of benzene rings is 1. The molecule has 0 bridgehead atoms. The highest BCUT2D eigenvalue weighted by molar-refractivity contribution is 7.99. The molecule has 0 radical (unpaired) electrons. The van der Waals surface area contributed by atoms with Gasteiger partial charge in [-0.3, -0.25) is 4.79 Å². The summed E-state index contributed by atoms with van der Waals surface area (Å²) in [5, 5.41) is 0.653. The van der Waals surface area contributed by atoms with Crippen molar-refractivity contribution in [2.24, 2.45) is 0 Å². The van der Waals surface area contributed by atoms with Crippen LogP contribution in [0.4, 0.5) is 5.69 Å². The van der Waals surface area contributed by atoms with Gasteiger partial charge in [0.25, 0.3) is 5.56 Å². The summed E-state index contributed by atoms with van der Waals surface area (Å²) in [5.74, 6) is 0.610. The van der Waals surface area contributed by atoms with Crippen LogP contribution in [0.2, 0.25) is 0 Å². The number of nitrogens with zero attached hydrogens (tertiary/aromatic N) is 2. The van der Waals surface area contributed by atoms with Crippen LogP contribution in [-0.2, 0) is 15.9 Å². The summed E-state index contributed by atoms with van der Waals surface area (Å²) >= 11 is 3.08. The molecule has 9 heteroatoms. The lowest BCUT2D eigenvalue weighted by atomic mass is 10.1. The van der Waals surface area contributed by atoms with Crippen molar-refractivity contribution >= 4 is 34.8 Å². The van der Waals surface area contributed by atoms with Crippen molar-refractivity contribution in [1.29, 1.82) is 0 Å². The number of hydrogen-bond acceptors (Lipinski definition) is 8. The zero-order valence-corrected chi connectivity index (χ0v) is 20.9. The average molecular weight is 500 g/mol. The molecule has 0 spiro atoms. The van der Waals surface area contributed by atoms with E-state index in [9.17, 15) is 9.59 Å². The molecule has 7 nitrogen and oxygen atoms in total. The van der Waals surface area contributed by atoms with Gasteiger partial charge in [0.1, 0.15) is 4.88 Å². The van der Waals surface area contributed by atoms with Crippen LogP contribution in [0.25, 0.3) is 11.3 Å². The summed E-state index contributed by atoms with van der Waals surface area (Å²) < 4.78 is 10.2. The van der Waals surface area contributed by atoms with Crippen molar-refractivity contribution in [2.75, 3.05) is 44.1 Å². The molecular formula is C25H29N3O4S2. The molecule has 0 saturated carbocycles. The molecule has 1 aromatic carbocycles. The van der Waals surface area contributed by atoms with Gasteiger partial charge in [-0.05, 0) is 37.5 Å². The molecule has 3 heterocycles. The lowest BCUT2D eigenvalue weighted by Gasteiger charge is -2.30. The van der Waals surface area contributed by atoms with Gasteiger partial charge in [-0.1, -0.05) is 36.4 Å². The Hall–Kier alpha value is -2.62. The first-order chi connectivity index (χ1) is 16.6. The van der Waals surface area contributed by atoms with Crippen molar-refractivity contribution in [3.8, 4) is 11.3 Å². The van der Waals surface area contributed by atoms with Crippen molar-refractivity contribution in [2.45, 2.75) is 30.8 Å². The Balaban J connectivity index is 1.31. The van der Waals surface area contributed by atoms with E-state index in [1.54, 1.807) is 17.8 Å². The number of hydrogen-bond donors (Lipinski definition) is 1. The molecule has 1 aliphatic heterocycles. The van der Waals surface area contributed by atoms with Crippen molar-refractivity contribution in [3.63, 3.8) is 0 Å². The van der Waals surface area contributed by atoms with E-state index in [1.807, 2.05) is 30.3 Å². The SMILES string of the molecule is COC(=O)c1ccc(CCCCCSc2nc(-c3ccccc3N3CCOCC3)cc(=O)[nH]2)s1. The van der Waals surface area contributed by atoms with E-state index in [0.29, 0.717) is 28.9 Å². The predicted octanol–water partition coefficient (Wildman–Crippen LogP) is 4.63. The van der Waals surface area contributed by atoms with E-state index in [-0.39, 0.29) is 11.5 Å². The Morgan fingerprint density at radius 2 is 2.00 bits per heavy atom. The number of esters is 1. The Morgan fingerprint density at radius 3 is 2.82 bits per heavy atom. The maximum Gasteiger partial charge on any atom is 0.348 e. The molecular weight excluding hydrogens is 470 g/mol. The highest BCUT2D eigenvalue weighted by Gasteiger charge is 2.17. The second kappa shape index (κ2) is 12.2. The topological polar surface area (TPSA) is 84.5 Å². The minimum atomic E-state index is -0.274. The number of nitrogens with one attached hydrogen (secondary N) is 1. The number of aromatic nitrogens is 2. The minimum Gasteiger partial charge on any atom is -0.465 e. The number of H-pyrrole nitrogens is 1. The molecule has 34 heavy (non-hydrogen) atoms. The quantitative estimate of drug-likeness (QED) is 0.188. The van der Waals surface area contributed by atoms with Crippen molar-refractivity contribution < 1.29 is 14.3 Å². The molecule has 0 aliphatic carbocycles. The molecule has 180 valence electrons. The zero-order chi connectivity index (χ0) is 23.8. The molecule has 0 unspecified atom stereocenters. The van der Waals surface area contributed by atoms with Crippen LogP contribution < -0.4 is 10.5 Å². The number of anilines is 1. The molecule has 1 N–H and O–H groups in total. The number of rotatable bonds is 10. The van der Waals surface area contributed by atoms with Gasteiger partial charge in [-0.15, -0.1) is 11.3 Å². The van der Waals surface area contributed by atoms with E-state index in [0.717, 1.165) is 55.8 Å². The van der Waals surface area contributed by atoms with Gasteiger partial charge in [0.05, 0.1) is 26.0 Å². The number of unbranched alkanes of at least 4 members (excludes halogenated alkanes) is 2. The van der Waals surface area contributed by atoms with Crippen LogP contribution in [0.5, 0.6) is 0 Å². The summed E-state index contributed by atoms with van der Waals surface area (Å²) in [5.41, 5.74) is 2.62. The number of aromatic amines is 1.